The lowest BCUT2D eigenvalue weighted by molar-refractivity contribution is 0.302. The van der Waals surface area contributed by atoms with Crippen LogP contribution in [0, 0.1) is 0 Å². The number of rotatable bonds is 2. The lowest BCUT2D eigenvalue weighted by Gasteiger charge is -2.21. The van der Waals surface area contributed by atoms with Gasteiger partial charge in [0.2, 0.25) is 0 Å². The van der Waals surface area contributed by atoms with Crippen LogP contribution in [0.3, 0.4) is 0 Å². The number of hydrogen-bond donors (Lipinski definition) is 0. The zero-order valence-corrected chi connectivity index (χ0v) is 10.3. The Bertz CT molecular complexity index is 361. The molecule has 1 aromatic carbocycles. The molecule has 0 amide bonds. The van der Waals surface area contributed by atoms with E-state index in [1.807, 2.05) is 12.1 Å². The fourth-order valence-corrected chi connectivity index (χ4v) is 1.93. The van der Waals surface area contributed by atoms with Crippen molar-refractivity contribution < 1.29 is 4.74 Å². The molecule has 0 atom stereocenters. The molecule has 0 N–H and O–H groups in total. The molecule has 0 bridgehead atoms. The molecule has 0 radical (unpaired) electrons. The van der Waals surface area contributed by atoms with Gasteiger partial charge in [0.15, 0.2) is 0 Å². The van der Waals surface area contributed by atoms with Crippen LogP contribution in [0.2, 0.25) is 5.02 Å². The van der Waals surface area contributed by atoms with Crippen molar-refractivity contribution in [2.45, 2.75) is 45.1 Å². The van der Waals surface area contributed by atoms with Gasteiger partial charge in [0.05, 0.1) is 6.10 Å². The molecule has 0 spiro atoms. The summed E-state index contributed by atoms with van der Waals surface area (Å²) in [5, 5.41) is 0.825. The third kappa shape index (κ3) is 2.66. The second kappa shape index (κ2) is 3.71. The van der Waals surface area contributed by atoms with Gasteiger partial charge in [0, 0.05) is 5.02 Å². The fourth-order valence-electron chi connectivity index (χ4n) is 1.53. The van der Waals surface area contributed by atoms with Crippen LogP contribution in [-0.2, 0) is 5.41 Å². The van der Waals surface area contributed by atoms with Crippen LogP contribution in [0.1, 0.15) is 39.2 Å². The van der Waals surface area contributed by atoms with Crippen LogP contribution in [0.25, 0.3) is 0 Å². The van der Waals surface area contributed by atoms with Crippen LogP contribution in [-0.4, -0.2) is 6.10 Å². The normalized spacial score (nSPS) is 16.5. The van der Waals surface area contributed by atoms with E-state index in [-0.39, 0.29) is 5.41 Å². The van der Waals surface area contributed by atoms with Crippen molar-refractivity contribution in [1.82, 2.24) is 0 Å². The van der Waals surface area contributed by atoms with E-state index in [0.29, 0.717) is 6.10 Å². The van der Waals surface area contributed by atoms with Gasteiger partial charge in [-0.3, -0.25) is 0 Å². The molecule has 2 heteroatoms. The van der Waals surface area contributed by atoms with Gasteiger partial charge in [-0.15, -0.1) is 0 Å². The largest absolute Gasteiger partial charge is 0.490 e. The molecule has 0 unspecified atom stereocenters. The molecule has 1 saturated carbocycles. The zero-order chi connectivity index (χ0) is 11.1. The maximum absolute atomic E-state index is 6.18. The Hall–Kier alpha value is -0.690. The first-order chi connectivity index (χ1) is 6.97. The Morgan fingerprint density at radius 2 is 1.93 bits per heavy atom. The van der Waals surface area contributed by atoms with E-state index in [1.54, 1.807) is 0 Å². The number of hydrogen-bond acceptors (Lipinski definition) is 1. The van der Waals surface area contributed by atoms with Gasteiger partial charge in [0.1, 0.15) is 5.75 Å². The highest BCUT2D eigenvalue weighted by molar-refractivity contribution is 6.31. The van der Waals surface area contributed by atoms with E-state index in [9.17, 15) is 0 Å². The quantitative estimate of drug-likeness (QED) is 0.733. The molecule has 15 heavy (non-hydrogen) atoms. The molecule has 0 aliphatic heterocycles. The van der Waals surface area contributed by atoms with Gasteiger partial charge in [-0.2, -0.15) is 0 Å². The lowest BCUT2D eigenvalue weighted by atomic mass is 9.87. The van der Waals surface area contributed by atoms with E-state index in [1.165, 1.54) is 12.8 Å². The second-order valence-corrected chi connectivity index (χ2v) is 5.62. The fraction of sp³-hybridized carbons (Fsp3) is 0.538. The third-order valence-electron chi connectivity index (χ3n) is 2.57. The Morgan fingerprint density at radius 3 is 2.47 bits per heavy atom. The average molecular weight is 225 g/mol. The lowest BCUT2D eigenvalue weighted by Crippen LogP contribution is -2.12. The average Bonchev–Trinajstić information content (AvgIpc) is 2.90. The summed E-state index contributed by atoms with van der Waals surface area (Å²) >= 11 is 6.18. The summed E-state index contributed by atoms with van der Waals surface area (Å²) in [7, 11) is 0. The molecular weight excluding hydrogens is 208 g/mol. The van der Waals surface area contributed by atoms with Gasteiger partial charge in [-0.1, -0.05) is 32.4 Å². The van der Waals surface area contributed by atoms with Crippen LogP contribution in [0.5, 0.6) is 5.75 Å². The summed E-state index contributed by atoms with van der Waals surface area (Å²) in [6.45, 7) is 6.49. The number of benzene rings is 1. The van der Waals surface area contributed by atoms with Gasteiger partial charge < -0.3 is 4.74 Å². The van der Waals surface area contributed by atoms with Crippen molar-refractivity contribution in [1.29, 1.82) is 0 Å². The molecular formula is C13H17ClO. The number of halogens is 1. The molecule has 0 aromatic heterocycles. The summed E-state index contributed by atoms with van der Waals surface area (Å²) in [4.78, 5) is 0. The summed E-state index contributed by atoms with van der Waals surface area (Å²) in [6, 6.07) is 5.95. The standard InChI is InChI=1S/C13H17ClO/c1-13(2,3)11-8-10(6-7-12(11)14)15-9-4-5-9/h6-9H,4-5H2,1-3H3. The summed E-state index contributed by atoms with van der Waals surface area (Å²) in [6.07, 6.45) is 2.82. The molecule has 0 saturated heterocycles. The maximum atomic E-state index is 6.18. The third-order valence-corrected chi connectivity index (χ3v) is 2.90. The van der Waals surface area contributed by atoms with E-state index in [0.717, 1.165) is 16.3 Å². The smallest absolute Gasteiger partial charge is 0.120 e. The van der Waals surface area contributed by atoms with E-state index < -0.39 is 0 Å². The molecule has 82 valence electrons. The minimum absolute atomic E-state index is 0.0694. The zero-order valence-electron chi connectivity index (χ0n) is 9.51. The van der Waals surface area contributed by atoms with Crippen LogP contribution in [0.15, 0.2) is 18.2 Å². The monoisotopic (exact) mass is 224 g/mol. The Kier molecular flexibility index (Phi) is 2.68. The Labute approximate surface area is 96.4 Å². The first-order valence-electron chi connectivity index (χ1n) is 5.43. The first kappa shape index (κ1) is 10.8. The van der Waals surface area contributed by atoms with Gasteiger partial charge in [-0.05, 0) is 42.0 Å². The van der Waals surface area contributed by atoms with Crippen LogP contribution in [0.4, 0.5) is 0 Å². The van der Waals surface area contributed by atoms with Crippen LogP contribution < -0.4 is 4.74 Å². The summed E-state index contributed by atoms with van der Waals surface area (Å²) in [5.74, 6) is 0.951. The highest BCUT2D eigenvalue weighted by Gasteiger charge is 2.24. The molecule has 1 aliphatic carbocycles. The molecule has 1 nitrogen and oxygen atoms in total. The number of ether oxygens (including phenoxy) is 1. The predicted molar refractivity (Wildman–Crippen MR) is 63.8 cm³/mol. The predicted octanol–water partition coefficient (Wildman–Crippen LogP) is 4.18. The van der Waals surface area contributed by atoms with E-state index >= 15 is 0 Å². The van der Waals surface area contributed by atoms with Crippen molar-refractivity contribution in [2.75, 3.05) is 0 Å². The van der Waals surface area contributed by atoms with Gasteiger partial charge >= 0.3 is 0 Å². The topological polar surface area (TPSA) is 9.23 Å². The molecule has 2 rings (SSSR count). The minimum atomic E-state index is 0.0694. The van der Waals surface area contributed by atoms with Crippen LogP contribution >= 0.6 is 11.6 Å². The molecule has 1 aromatic rings. The first-order valence-corrected chi connectivity index (χ1v) is 5.81. The van der Waals surface area contributed by atoms with Crippen molar-refractivity contribution in [2.24, 2.45) is 0 Å². The highest BCUT2D eigenvalue weighted by atomic mass is 35.5. The molecule has 1 aliphatic rings. The second-order valence-electron chi connectivity index (χ2n) is 5.21. The minimum Gasteiger partial charge on any atom is -0.490 e. The highest BCUT2D eigenvalue weighted by Crippen LogP contribution is 2.34. The van der Waals surface area contributed by atoms with Crippen molar-refractivity contribution in [3.8, 4) is 5.75 Å². The van der Waals surface area contributed by atoms with E-state index in [2.05, 4.69) is 26.8 Å². The van der Waals surface area contributed by atoms with Gasteiger partial charge in [-0.25, -0.2) is 0 Å². The van der Waals surface area contributed by atoms with E-state index in [4.69, 9.17) is 16.3 Å². The SMILES string of the molecule is CC(C)(C)c1cc(OC2CC2)ccc1Cl. The van der Waals surface area contributed by atoms with Crippen molar-refractivity contribution in [3.05, 3.63) is 28.8 Å². The molecule has 0 heterocycles. The summed E-state index contributed by atoms with van der Waals surface area (Å²) < 4.78 is 5.76. The van der Waals surface area contributed by atoms with Crippen molar-refractivity contribution in [3.63, 3.8) is 0 Å². The Balaban J connectivity index is 2.27. The summed E-state index contributed by atoms with van der Waals surface area (Å²) in [5.41, 5.74) is 1.22. The molecule has 1 fully saturated rings. The maximum Gasteiger partial charge on any atom is 0.120 e. The van der Waals surface area contributed by atoms with Crippen molar-refractivity contribution >= 4 is 11.6 Å². The van der Waals surface area contributed by atoms with Gasteiger partial charge in [0.25, 0.3) is 0 Å². The Morgan fingerprint density at radius 1 is 1.27 bits per heavy atom.